The van der Waals surface area contributed by atoms with E-state index in [1.54, 1.807) is 42.7 Å². The largest absolute Gasteiger partial charge is 0.500 e. The van der Waals surface area contributed by atoms with Crippen molar-refractivity contribution in [3.63, 3.8) is 0 Å². The molecule has 0 aromatic carbocycles. The van der Waals surface area contributed by atoms with Crippen LogP contribution in [-0.2, 0) is 26.6 Å². The van der Waals surface area contributed by atoms with Crippen molar-refractivity contribution in [2.24, 2.45) is 11.8 Å². The number of hydrogen-bond acceptors (Lipinski definition) is 6. The fourth-order valence-corrected chi connectivity index (χ4v) is 6.88. The van der Waals surface area contributed by atoms with Gasteiger partial charge in [-0.3, -0.25) is 0 Å². The van der Waals surface area contributed by atoms with E-state index in [9.17, 15) is 0 Å². The van der Waals surface area contributed by atoms with Crippen molar-refractivity contribution in [1.29, 1.82) is 0 Å². The SMILES string of the molecule is CCC(C)CCC(CCC[Si](OC)(OC)OC)CC[Si](OC)(OC)OC. The maximum Gasteiger partial charge on any atom is 0.500 e. The molecule has 0 radical (unpaired) electrons. The standard InChI is InChI=1S/C18H42O6Si2/c1-9-17(2)12-13-18(14-16-26(22-6,23-7)24-8)11-10-15-25(19-3,20-4)21-5/h17-18H,9-16H2,1-8H3. The van der Waals surface area contributed by atoms with Crippen molar-refractivity contribution >= 4 is 17.6 Å². The van der Waals surface area contributed by atoms with E-state index >= 15 is 0 Å². The maximum atomic E-state index is 5.59. The number of hydrogen-bond donors (Lipinski definition) is 0. The Kier molecular flexibility index (Phi) is 14.3. The molecule has 0 aliphatic heterocycles. The highest BCUT2D eigenvalue weighted by molar-refractivity contribution is 6.60. The fraction of sp³-hybridized carbons (Fsp3) is 1.00. The van der Waals surface area contributed by atoms with Gasteiger partial charge in [0.05, 0.1) is 0 Å². The molecule has 0 amide bonds. The van der Waals surface area contributed by atoms with Crippen LogP contribution in [0, 0.1) is 11.8 Å². The summed E-state index contributed by atoms with van der Waals surface area (Å²) in [5.74, 6) is 1.38. The molecular formula is C18H42O6Si2. The van der Waals surface area contributed by atoms with Gasteiger partial charge in [0, 0.05) is 54.7 Å². The third-order valence-corrected chi connectivity index (χ3v) is 11.2. The van der Waals surface area contributed by atoms with Gasteiger partial charge in [-0.1, -0.05) is 39.5 Å². The van der Waals surface area contributed by atoms with Gasteiger partial charge in [0.25, 0.3) is 0 Å². The summed E-state index contributed by atoms with van der Waals surface area (Å²) in [6.07, 6.45) is 6.92. The van der Waals surface area contributed by atoms with E-state index in [2.05, 4.69) is 13.8 Å². The Morgan fingerprint density at radius 2 is 1.08 bits per heavy atom. The Morgan fingerprint density at radius 1 is 0.615 bits per heavy atom. The minimum absolute atomic E-state index is 0.619. The van der Waals surface area contributed by atoms with Crippen LogP contribution in [0.4, 0.5) is 0 Å². The average molecular weight is 411 g/mol. The van der Waals surface area contributed by atoms with Crippen molar-refractivity contribution in [3.8, 4) is 0 Å². The lowest BCUT2D eigenvalue weighted by Crippen LogP contribution is -2.43. The molecule has 8 heteroatoms. The molecule has 2 unspecified atom stereocenters. The monoisotopic (exact) mass is 410 g/mol. The predicted octanol–water partition coefficient (Wildman–Crippen LogP) is 4.36. The van der Waals surface area contributed by atoms with Crippen LogP contribution in [0.1, 0.15) is 52.4 Å². The lowest BCUT2D eigenvalue weighted by molar-refractivity contribution is 0.118. The molecule has 0 aliphatic carbocycles. The Morgan fingerprint density at radius 3 is 1.50 bits per heavy atom. The third-order valence-electron chi connectivity index (χ3n) is 5.58. The zero-order valence-corrected chi connectivity index (χ0v) is 20.3. The van der Waals surface area contributed by atoms with Gasteiger partial charge < -0.3 is 26.6 Å². The molecule has 0 aromatic rings. The molecule has 6 nitrogen and oxygen atoms in total. The van der Waals surface area contributed by atoms with Gasteiger partial charge in [-0.05, 0) is 24.7 Å². The predicted molar refractivity (Wildman–Crippen MR) is 109 cm³/mol. The van der Waals surface area contributed by atoms with Crippen molar-refractivity contribution in [3.05, 3.63) is 0 Å². The molecule has 26 heavy (non-hydrogen) atoms. The topological polar surface area (TPSA) is 55.4 Å². The van der Waals surface area contributed by atoms with Crippen molar-refractivity contribution in [1.82, 2.24) is 0 Å². The molecule has 0 rings (SSSR count). The van der Waals surface area contributed by atoms with Gasteiger partial charge in [0.1, 0.15) is 0 Å². The van der Waals surface area contributed by atoms with Crippen LogP contribution < -0.4 is 0 Å². The molecule has 2 atom stereocenters. The maximum absolute atomic E-state index is 5.59. The first-order chi connectivity index (χ1) is 12.4. The lowest BCUT2D eigenvalue weighted by Gasteiger charge is -2.28. The first-order valence-electron chi connectivity index (χ1n) is 9.71. The number of rotatable bonds is 17. The van der Waals surface area contributed by atoms with Crippen molar-refractivity contribution in [2.75, 3.05) is 42.7 Å². The summed E-state index contributed by atoms with van der Waals surface area (Å²) in [4.78, 5) is 0. The normalized spacial score (nSPS) is 15.2. The quantitative estimate of drug-likeness (QED) is 0.332. The van der Waals surface area contributed by atoms with E-state index in [1.807, 2.05) is 0 Å². The summed E-state index contributed by atoms with van der Waals surface area (Å²) < 4.78 is 33.4. The molecular weight excluding hydrogens is 368 g/mol. The van der Waals surface area contributed by atoms with Crippen LogP contribution in [0.15, 0.2) is 0 Å². The molecule has 0 aliphatic rings. The van der Waals surface area contributed by atoms with Gasteiger partial charge in [0.15, 0.2) is 0 Å². The van der Waals surface area contributed by atoms with Crippen LogP contribution in [0.2, 0.25) is 12.1 Å². The second kappa shape index (κ2) is 14.2. The molecule has 0 heterocycles. The second-order valence-corrected chi connectivity index (χ2v) is 13.2. The summed E-state index contributed by atoms with van der Waals surface area (Å²) >= 11 is 0. The molecule has 0 spiro atoms. The average Bonchev–Trinajstić information content (AvgIpc) is 2.70. The smallest absolute Gasteiger partial charge is 0.377 e. The lowest BCUT2D eigenvalue weighted by atomic mass is 9.90. The molecule has 0 fully saturated rings. The summed E-state index contributed by atoms with van der Waals surface area (Å²) in [7, 11) is 5.09. The molecule has 0 bridgehead atoms. The van der Waals surface area contributed by atoms with Crippen LogP contribution in [0.5, 0.6) is 0 Å². The first-order valence-corrected chi connectivity index (χ1v) is 13.6. The molecule has 0 aromatic heterocycles. The highest BCUT2D eigenvalue weighted by Crippen LogP contribution is 2.29. The van der Waals surface area contributed by atoms with E-state index < -0.39 is 17.6 Å². The Labute approximate surface area is 163 Å². The van der Waals surface area contributed by atoms with Crippen LogP contribution in [-0.4, -0.2) is 60.3 Å². The van der Waals surface area contributed by atoms with E-state index in [-0.39, 0.29) is 0 Å². The zero-order valence-electron chi connectivity index (χ0n) is 18.3. The van der Waals surface area contributed by atoms with Crippen LogP contribution in [0.25, 0.3) is 0 Å². The van der Waals surface area contributed by atoms with Gasteiger partial charge in [0.2, 0.25) is 0 Å². The summed E-state index contributed by atoms with van der Waals surface area (Å²) in [6, 6.07) is 1.70. The minimum Gasteiger partial charge on any atom is -0.377 e. The molecule has 0 saturated carbocycles. The molecule has 158 valence electrons. The Bertz CT molecular complexity index is 321. The van der Waals surface area contributed by atoms with Gasteiger partial charge >= 0.3 is 17.6 Å². The van der Waals surface area contributed by atoms with Crippen molar-refractivity contribution < 1.29 is 26.6 Å². The third kappa shape index (κ3) is 8.92. The van der Waals surface area contributed by atoms with Crippen molar-refractivity contribution in [2.45, 2.75) is 64.5 Å². The summed E-state index contributed by atoms with van der Waals surface area (Å²) in [5, 5.41) is 0. The highest BCUT2D eigenvalue weighted by atomic mass is 28.4. The summed E-state index contributed by atoms with van der Waals surface area (Å²) in [6.45, 7) is 4.59. The fourth-order valence-electron chi connectivity index (χ4n) is 3.26. The summed E-state index contributed by atoms with van der Waals surface area (Å²) in [5.41, 5.74) is 0. The van der Waals surface area contributed by atoms with E-state index in [4.69, 9.17) is 26.6 Å². The second-order valence-electron chi connectivity index (χ2n) is 6.98. The highest BCUT2D eigenvalue weighted by Gasteiger charge is 2.39. The molecule has 0 N–H and O–H groups in total. The Hall–Kier alpha value is 0.194. The van der Waals surface area contributed by atoms with E-state index in [0.29, 0.717) is 5.92 Å². The van der Waals surface area contributed by atoms with Gasteiger partial charge in [-0.25, -0.2) is 0 Å². The Balaban J connectivity index is 4.73. The van der Waals surface area contributed by atoms with E-state index in [1.165, 1.54) is 19.3 Å². The first kappa shape index (κ1) is 26.2. The zero-order chi connectivity index (χ0) is 20.1. The van der Waals surface area contributed by atoms with Crippen LogP contribution in [0.3, 0.4) is 0 Å². The van der Waals surface area contributed by atoms with E-state index in [0.717, 1.165) is 37.3 Å². The van der Waals surface area contributed by atoms with Crippen LogP contribution >= 0.6 is 0 Å². The molecule has 0 saturated heterocycles. The van der Waals surface area contributed by atoms with Gasteiger partial charge in [-0.15, -0.1) is 0 Å². The minimum atomic E-state index is -2.51. The van der Waals surface area contributed by atoms with Gasteiger partial charge in [-0.2, -0.15) is 0 Å².